The highest BCUT2D eigenvalue weighted by atomic mass is 16.2. The van der Waals surface area contributed by atoms with Gasteiger partial charge in [-0.3, -0.25) is 25.1 Å². The monoisotopic (exact) mass is 734 g/mol. The number of carbonyl (C=O) groups excluding carboxylic acids is 3. The molecule has 0 aliphatic rings. The number of nitrogens with one attached hydrogen (secondary N) is 6. The lowest BCUT2D eigenvalue weighted by Gasteiger charge is -2.25. The molecule has 286 valence electrons. The zero-order valence-corrected chi connectivity index (χ0v) is 30.6. The van der Waals surface area contributed by atoms with Gasteiger partial charge in [0.25, 0.3) is 0 Å². The Labute approximate surface area is 317 Å². The first-order valence-electron chi connectivity index (χ1n) is 18.3. The van der Waals surface area contributed by atoms with Crippen molar-refractivity contribution < 1.29 is 14.4 Å². The average molecular weight is 735 g/mol. The molecule has 0 spiro atoms. The molecular weight excluding hydrogens is 681 g/mol. The molecule has 0 fully saturated rings. The van der Waals surface area contributed by atoms with Gasteiger partial charge in [0.15, 0.2) is 5.96 Å². The van der Waals surface area contributed by atoms with Crippen molar-refractivity contribution in [3.05, 3.63) is 120 Å². The molecule has 0 radical (unpaired) electrons. The standard InChI is InChI=1S/C41H54N10O3/c42-34(26-28-15-19-32(20-16-28)30-10-3-1-4-11-30)37(52)50-35(14-9-25-49-41(45)46)39(54)51-36(38(53)47-23-7-8-24-48-40(43)44)27-29-17-21-33(22-18-29)31-12-5-2-6-13-31/h1-6,10-13,15-22,34-36,41,49H,7-9,14,23-27,42,45-46H2,(H,47,53)(H,50,52)(H,51,54)(H4,43,44,48)/t34-,35+,36-/m0/s1. The summed E-state index contributed by atoms with van der Waals surface area (Å²) in [4.78, 5) is 40.9. The van der Waals surface area contributed by atoms with Gasteiger partial charge in [-0.05, 0) is 72.0 Å². The molecular formula is C41H54N10O3. The van der Waals surface area contributed by atoms with Crippen LogP contribution in [0.3, 0.4) is 0 Å². The Balaban J connectivity index is 1.44. The van der Waals surface area contributed by atoms with E-state index >= 15 is 0 Å². The van der Waals surface area contributed by atoms with Crippen LogP contribution >= 0.6 is 0 Å². The van der Waals surface area contributed by atoms with Gasteiger partial charge in [-0.15, -0.1) is 0 Å². The lowest BCUT2D eigenvalue weighted by atomic mass is 9.99. The van der Waals surface area contributed by atoms with Crippen LogP contribution in [0.25, 0.3) is 22.3 Å². The first-order valence-corrected chi connectivity index (χ1v) is 18.3. The summed E-state index contributed by atoms with van der Waals surface area (Å²) in [6.45, 7) is 1.28. The molecule has 0 aromatic heterocycles. The molecule has 4 aromatic rings. The molecule has 14 N–H and O–H groups in total. The summed E-state index contributed by atoms with van der Waals surface area (Å²) in [5.41, 5.74) is 29.0. The normalized spacial score (nSPS) is 12.7. The lowest BCUT2D eigenvalue weighted by Crippen LogP contribution is -2.56. The number of guanidine groups is 1. The molecule has 0 bridgehead atoms. The Hall–Kier alpha value is -5.60. The zero-order chi connectivity index (χ0) is 38.7. The van der Waals surface area contributed by atoms with Crippen LogP contribution in [0.4, 0.5) is 0 Å². The maximum absolute atomic E-state index is 13.9. The number of benzene rings is 4. The summed E-state index contributed by atoms with van der Waals surface area (Å²) in [6.07, 6.45) is 1.80. The molecule has 0 aliphatic heterocycles. The largest absolute Gasteiger partial charge is 0.370 e. The molecule has 4 aromatic carbocycles. The Bertz CT molecular complexity index is 1750. The highest BCUT2D eigenvalue weighted by molar-refractivity contribution is 5.93. The van der Waals surface area contributed by atoms with Gasteiger partial charge in [-0.1, -0.05) is 109 Å². The van der Waals surface area contributed by atoms with Gasteiger partial charge < -0.3 is 44.2 Å². The van der Waals surface area contributed by atoms with Crippen molar-refractivity contribution in [3.63, 3.8) is 0 Å². The van der Waals surface area contributed by atoms with E-state index in [1.807, 2.05) is 109 Å². The Morgan fingerprint density at radius 2 is 1.02 bits per heavy atom. The first kappa shape index (κ1) is 41.2. The van der Waals surface area contributed by atoms with Gasteiger partial charge in [0.05, 0.1) is 6.04 Å². The zero-order valence-electron chi connectivity index (χ0n) is 30.6. The van der Waals surface area contributed by atoms with Crippen molar-refractivity contribution in [1.29, 1.82) is 5.41 Å². The molecule has 0 heterocycles. The van der Waals surface area contributed by atoms with Crippen molar-refractivity contribution in [3.8, 4) is 22.3 Å². The van der Waals surface area contributed by atoms with Crippen LogP contribution in [0.1, 0.15) is 36.8 Å². The molecule has 54 heavy (non-hydrogen) atoms. The number of nitrogens with two attached hydrogens (primary N) is 4. The minimum atomic E-state index is -0.979. The maximum Gasteiger partial charge on any atom is 0.243 e. The van der Waals surface area contributed by atoms with Crippen molar-refractivity contribution in [1.82, 2.24) is 26.6 Å². The minimum absolute atomic E-state index is 0.109. The number of rotatable bonds is 21. The fourth-order valence-corrected chi connectivity index (χ4v) is 5.92. The molecule has 0 aliphatic carbocycles. The van der Waals surface area contributed by atoms with Crippen LogP contribution in [-0.4, -0.2) is 67.7 Å². The maximum atomic E-state index is 13.9. The molecule has 13 nitrogen and oxygen atoms in total. The van der Waals surface area contributed by atoms with Crippen LogP contribution < -0.4 is 49.5 Å². The summed E-state index contributed by atoms with van der Waals surface area (Å²) in [7, 11) is 0. The smallest absolute Gasteiger partial charge is 0.243 e. The van der Waals surface area contributed by atoms with Gasteiger partial charge in [0.2, 0.25) is 17.7 Å². The Morgan fingerprint density at radius 3 is 1.54 bits per heavy atom. The van der Waals surface area contributed by atoms with E-state index in [4.69, 9.17) is 28.3 Å². The molecule has 3 amide bonds. The van der Waals surface area contributed by atoms with E-state index < -0.39 is 36.2 Å². The summed E-state index contributed by atoms with van der Waals surface area (Å²) in [5.74, 6) is -1.46. The van der Waals surface area contributed by atoms with Crippen LogP contribution in [0, 0.1) is 5.41 Å². The quantitative estimate of drug-likeness (QED) is 0.0261. The third kappa shape index (κ3) is 14.1. The Morgan fingerprint density at radius 1 is 0.537 bits per heavy atom. The third-order valence-corrected chi connectivity index (χ3v) is 8.89. The second kappa shape index (κ2) is 21.8. The van der Waals surface area contributed by atoms with Crippen molar-refractivity contribution >= 4 is 23.7 Å². The van der Waals surface area contributed by atoms with E-state index in [2.05, 4.69) is 26.6 Å². The highest BCUT2D eigenvalue weighted by Gasteiger charge is 2.28. The second-order valence-corrected chi connectivity index (χ2v) is 13.2. The number of hydrogen-bond donors (Lipinski definition) is 10. The SMILES string of the molecule is N=C(N)NCCCCNC(=O)[C@H](Cc1ccc(-c2ccccc2)cc1)NC(=O)[C@@H](CCCNC(N)N)NC(=O)[C@@H](N)Cc1ccc(-c2ccccc2)cc1. The van der Waals surface area contributed by atoms with E-state index in [1.165, 1.54) is 0 Å². The van der Waals surface area contributed by atoms with E-state index in [-0.39, 0.29) is 31.1 Å². The predicted molar refractivity (Wildman–Crippen MR) is 215 cm³/mol. The van der Waals surface area contributed by atoms with Gasteiger partial charge in [0.1, 0.15) is 18.4 Å². The Kier molecular flexibility index (Phi) is 16.6. The number of amides is 3. The van der Waals surface area contributed by atoms with E-state index in [1.54, 1.807) is 0 Å². The third-order valence-electron chi connectivity index (χ3n) is 8.89. The molecule has 13 heteroatoms. The van der Waals surface area contributed by atoms with Crippen molar-refractivity contribution in [2.45, 2.75) is 62.9 Å². The van der Waals surface area contributed by atoms with Gasteiger partial charge in [0, 0.05) is 19.5 Å². The number of unbranched alkanes of at least 4 members (excludes halogenated alkanes) is 1. The van der Waals surface area contributed by atoms with Crippen LogP contribution in [-0.2, 0) is 27.2 Å². The van der Waals surface area contributed by atoms with Crippen LogP contribution in [0.5, 0.6) is 0 Å². The molecule has 0 unspecified atom stereocenters. The van der Waals surface area contributed by atoms with Crippen LogP contribution in [0.15, 0.2) is 109 Å². The summed E-state index contributed by atoms with van der Waals surface area (Å²) >= 11 is 0. The minimum Gasteiger partial charge on any atom is -0.370 e. The fraction of sp³-hybridized carbons (Fsp3) is 0.317. The highest BCUT2D eigenvalue weighted by Crippen LogP contribution is 2.21. The van der Waals surface area contributed by atoms with E-state index in [9.17, 15) is 14.4 Å². The molecule has 3 atom stereocenters. The molecule has 0 saturated carbocycles. The summed E-state index contributed by atoms with van der Waals surface area (Å²) < 4.78 is 0. The summed E-state index contributed by atoms with van der Waals surface area (Å²) in [5, 5.41) is 21.6. The van der Waals surface area contributed by atoms with Gasteiger partial charge in [-0.25, -0.2) is 0 Å². The van der Waals surface area contributed by atoms with Crippen LogP contribution in [0.2, 0.25) is 0 Å². The van der Waals surface area contributed by atoms with E-state index in [0.717, 1.165) is 33.4 Å². The molecule has 0 saturated heterocycles. The average Bonchev–Trinajstić information content (AvgIpc) is 3.18. The van der Waals surface area contributed by atoms with E-state index in [0.29, 0.717) is 38.9 Å². The van der Waals surface area contributed by atoms with Gasteiger partial charge in [-0.2, -0.15) is 0 Å². The van der Waals surface area contributed by atoms with Gasteiger partial charge >= 0.3 is 0 Å². The predicted octanol–water partition coefficient (Wildman–Crippen LogP) is 2.05. The van der Waals surface area contributed by atoms with Crippen molar-refractivity contribution in [2.75, 3.05) is 19.6 Å². The molecule has 4 rings (SSSR count). The number of hydrogen-bond acceptors (Lipinski definition) is 8. The fourth-order valence-electron chi connectivity index (χ4n) is 5.92. The first-order chi connectivity index (χ1) is 26.1. The second-order valence-electron chi connectivity index (χ2n) is 13.2. The number of carbonyl (C=O) groups is 3. The lowest BCUT2D eigenvalue weighted by molar-refractivity contribution is -0.132. The summed E-state index contributed by atoms with van der Waals surface area (Å²) in [6, 6.07) is 32.8. The topological polar surface area (TPSA) is 239 Å². The van der Waals surface area contributed by atoms with Crippen molar-refractivity contribution in [2.24, 2.45) is 22.9 Å².